The zero-order chi connectivity index (χ0) is 20.5. The zero-order valence-electron chi connectivity index (χ0n) is 15.9. The van der Waals surface area contributed by atoms with Crippen LogP contribution in [0.4, 0.5) is 0 Å². The number of nitrogens with zero attached hydrogens (tertiary/aromatic N) is 2. The first-order chi connectivity index (χ1) is 14.0. The van der Waals surface area contributed by atoms with E-state index < -0.39 is 11.7 Å². The molecule has 0 radical (unpaired) electrons. The molecular weight excluding hydrogens is 390 g/mol. The Kier molecular flexibility index (Phi) is 5.11. The van der Waals surface area contributed by atoms with Gasteiger partial charge in [-0.25, -0.2) is 0 Å². The lowest BCUT2D eigenvalue weighted by Crippen LogP contribution is -2.56. The van der Waals surface area contributed by atoms with E-state index in [1.807, 2.05) is 25.1 Å². The number of rotatable bonds is 3. The lowest BCUT2D eigenvalue weighted by atomic mass is 10.1. The van der Waals surface area contributed by atoms with Crippen molar-refractivity contribution in [1.82, 2.24) is 14.8 Å². The molecule has 148 valence electrons. The maximum atomic E-state index is 12.9. The third kappa shape index (κ3) is 3.51. The number of benzene rings is 2. The molecule has 1 aromatic heterocycles. The maximum absolute atomic E-state index is 12.9. The summed E-state index contributed by atoms with van der Waals surface area (Å²) in [6.45, 7) is 2.91. The predicted octanol–water partition coefficient (Wildman–Crippen LogP) is 3.38. The van der Waals surface area contributed by atoms with Gasteiger partial charge in [0.25, 0.3) is 17.6 Å². The largest absolute Gasteiger partial charge is 0.360 e. The Labute approximate surface area is 173 Å². The number of carbonyl (C=O) groups excluding carboxylic acids is 3. The highest BCUT2D eigenvalue weighted by molar-refractivity contribution is 6.47. The van der Waals surface area contributed by atoms with E-state index in [1.165, 1.54) is 11.1 Å². The van der Waals surface area contributed by atoms with E-state index in [-0.39, 0.29) is 17.5 Å². The molecule has 4 rings (SSSR count). The monoisotopic (exact) mass is 409 g/mol. The van der Waals surface area contributed by atoms with Gasteiger partial charge in [0.2, 0.25) is 0 Å². The second-order valence-corrected chi connectivity index (χ2v) is 7.57. The number of amides is 2. The molecule has 0 aliphatic carbocycles. The standard InChI is InChI=1S/C22H20ClN3O3/c1-14-13-25(21(28)15-6-3-2-4-7-15)10-11-26(14)22(29)20(27)16-12-24-18-9-5-8-17(23)19(16)18/h2-9,12,14,24H,10-11,13H2,1H3/t14-/m1/s1. The van der Waals surface area contributed by atoms with Crippen molar-refractivity contribution in [3.8, 4) is 0 Å². The molecule has 0 saturated carbocycles. The number of hydrogen-bond acceptors (Lipinski definition) is 3. The van der Waals surface area contributed by atoms with Crippen LogP contribution in [-0.4, -0.2) is 58.1 Å². The SMILES string of the molecule is C[C@@H]1CN(C(=O)c2ccccc2)CCN1C(=O)C(=O)c1c[nH]c2cccc(Cl)c12. The molecule has 2 amide bonds. The lowest BCUT2D eigenvalue weighted by molar-refractivity contribution is -0.130. The van der Waals surface area contributed by atoms with Crippen LogP contribution >= 0.6 is 11.6 Å². The molecular formula is C22H20ClN3O3. The van der Waals surface area contributed by atoms with Crippen molar-refractivity contribution in [2.75, 3.05) is 19.6 Å². The fourth-order valence-electron chi connectivity index (χ4n) is 3.77. The van der Waals surface area contributed by atoms with E-state index in [4.69, 9.17) is 11.6 Å². The molecule has 0 bridgehead atoms. The zero-order valence-corrected chi connectivity index (χ0v) is 16.6. The number of carbonyl (C=O) groups is 3. The highest BCUT2D eigenvalue weighted by atomic mass is 35.5. The number of hydrogen-bond donors (Lipinski definition) is 1. The molecule has 0 spiro atoms. The molecule has 2 heterocycles. The van der Waals surface area contributed by atoms with Gasteiger partial charge in [-0.2, -0.15) is 0 Å². The minimum absolute atomic E-state index is 0.0701. The molecule has 0 unspecified atom stereocenters. The van der Waals surface area contributed by atoms with Crippen LogP contribution in [0.1, 0.15) is 27.6 Å². The lowest BCUT2D eigenvalue weighted by Gasteiger charge is -2.39. The second kappa shape index (κ2) is 7.72. The minimum Gasteiger partial charge on any atom is -0.360 e. The van der Waals surface area contributed by atoms with Crippen LogP contribution < -0.4 is 0 Å². The van der Waals surface area contributed by atoms with Gasteiger partial charge in [-0.15, -0.1) is 0 Å². The summed E-state index contributed by atoms with van der Waals surface area (Å²) >= 11 is 6.24. The first-order valence-corrected chi connectivity index (χ1v) is 9.80. The number of H-pyrrole nitrogens is 1. The van der Waals surface area contributed by atoms with Gasteiger partial charge in [-0.05, 0) is 31.2 Å². The molecule has 29 heavy (non-hydrogen) atoms. The van der Waals surface area contributed by atoms with Crippen LogP contribution in [0.2, 0.25) is 5.02 Å². The van der Waals surface area contributed by atoms with Crippen molar-refractivity contribution in [3.05, 3.63) is 70.9 Å². The molecule has 1 aliphatic rings. The molecule has 6 nitrogen and oxygen atoms in total. The molecule has 1 fully saturated rings. The molecule has 2 aromatic carbocycles. The van der Waals surface area contributed by atoms with Crippen molar-refractivity contribution in [2.24, 2.45) is 0 Å². The van der Waals surface area contributed by atoms with Crippen molar-refractivity contribution in [2.45, 2.75) is 13.0 Å². The number of fused-ring (bicyclic) bond motifs is 1. The third-order valence-corrected chi connectivity index (χ3v) is 5.61. The molecule has 1 saturated heterocycles. The van der Waals surface area contributed by atoms with E-state index in [0.29, 0.717) is 41.1 Å². The second-order valence-electron chi connectivity index (χ2n) is 7.16. The Balaban J connectivity index is 1.50. The van der Waals surface area contributed by atoms with Gasteiger partial charge >= 0.3 is 0 Å². The van der Waals surface area contributed by atoms with Crippen LogP contribution in [0, 0.1) is 0 Å². The number of ketones is 1. The first kappa shape index (κ1) is 19.2. The quantitative estimate of drug-likeness (QED) is 0.532. The summed E-state index contributed by atoms with van der Waals surface area (Å²) in [7, 11) is 0. The summed E-state index contributed by atoms with van der Waals surface area (Å²) in [5, 5.41) is 0.976. The molecule has 1 aliphatic heterocycles. The first-order valence-electron chi connectivity index (χ1n) is 9.42. The Morgan fingerprint density at radius 2 is 1.79 bits per heavy atom. The number of piperazine rings is 1. The average Bonchev–Trinajstić information content (AvgIpc) is 3.18. The third-order valence-electron chi connectivity index (χ3n) is 5.29. The smallest absolute Gasteiger partial charge is 0.295 e. The Bertz CT molecular complexity index is 1090. The summed E-state index contributed by atoms with van der Waals surface area (Å²) in [6.07, 6.45) is 1.52. The van der Waals surface area contributed by atoms with Crippen LogP contribution in [0.15, 0.2) is 54.7 Å². The number of aromatic nitrogens is 1. The van der Waals surface area contributed by atoms with E-state index in [2.05, 4.69) is 4.98 Å². The van der Waals surface area contributed by atoms with Crippen molar-refractivity contribution in [3.63, 3.8) is 0 Å². The highest BCUT2D eigenvalue weighted by Gasteiger charge is 2.34. The van der Waals surface area contributed by atoms with Crippen molar-refractivity contribution >= 4 is 40.1 Å². The van der Waals surface area contributed by atoms with Crippen LogP contribution in [-0.2, 0) is 4.79 Å². The predicted molar refractivity (Wildman–Crippen MR) is 111 cm³/mol. The van der Waals surface area contributed by atoms with E-state index in [0.717, 1.165) is 0 Å². The van der Waals surface area contributed by atoms with Gasteiger partial charge in [-0.1, -0.05) is 35.9 Å². The van der Waals surface area contributed by atoms with Crippen LogP contribution in [0.5, 0.6) is 0 Å². The summed E-state index contributed by atoms with van der Waals surface area (Å²) < 4.78 is 0. The normalized spacial score (nSPS) is 16.8. The van der Waals surface area contributed by atoms with Gasteiger partial charge in [0, 0.05) is 48.3 Å². The number of Topliss-reactive ketones (excluding diaryl/α,β-unsaturated/α-hetero) is 1. The van der Waals surface area contributed by atoms with Gasteiger partial charge in [0.1, 0.15) is 0 Å². The Morgan fingerprint density at radius 3 is 2.52 bits per heavy atom. The fourth-order valence-corrected chi connectivity index (χ4v) is 4.05. The Hall–Kier alpha value is -3.12. The topological polar surface area (TPSA) is 73.5 Å². The highest BCUT2D eigenvalue weighted by Crippen LogP contribution is 2.27. The van der Waals surface area contributed by atoms with E-state index in [1.54, 1.807) is 35.2 Å². The van der Waals surface area contributed by atoms with Gasteiger partial charge in [0.15, 0.2) is 0 Å². The summed E-state index contributed by atoms with van der Waals surface area (Å²) in [6, 6.07) is 14.1. The minimum atomic E-state index is -0.598. The number of halogens is 1. The van der Waals surface area contributed by atoms with Crippen LogP contribution in [0.3, 0.4) is 0 Å². The van der Waals surface area contributed by atoms with Gasteiger partial charge in [-0.3, -0.25) is 14.4 Å². The summed E-state index contributed by atoms with van der Waals surface area (Å²) in [4.78, 5) is 44.7. The van der Waals surface area contributed by atoms with E-state index in [9.17, 15) is 14.4 Å². The number of aromatic amines is 1. The molecule has 1 atom stereocenters. The van der Waals surface area contributed by atoms with Crippen molar-refractivity contribution in [1.29, 1.82) is 0 Å². The van der Waals surface area contributed by atoms with Crippen LogP contribution in [0.25, 0.3) is 10.9 Å². The summed E-state index contributed by atoms with van der Waals surface area (Å²) in [5.74, 6) is -1.25. The molecule has 3 aromatic rings. The fraction of sp³-hybridized carbons (Fsp3) is 0.227. The maximum Gasteiger partial charge on any atom is 0.295 e. The van der Waals surface area contributed by atoms with Gasteiger partial charge in [0.05, 0.1) is 10.6 Å². The summed E-state index contributed by atoms with van der Waals surface area (Å²) in [5.41, 5.74) is 1.59. The average molecular weight is 410 g/mol. The number of nitrogens with one attached hydrogen (secondary N) is 1. The Morgan fingerprint density at radius 1 is 1.03 bits per heavy atom. The van der Waals surface area contributed by atoms with Crippen molar-refractivity contribution < 1.29 is 14.4 Å². The molecule has 1 N–H and O–H groups in total. The van der Waals surface area contributed by atoms with Gasteiger partial charge < -0.3 is 14.8 Å². The van der Waals surface area contributed by atoms with E-state index >= 15 is 0 Å². The molecule has 7 heteroatoms.